The fraction of sp³-hybridized carbons (Fsp3) is 0.558. The number of cyclic esters (lactones) is 1. The molecule has 2 aromatic rings. The molecule has 310 valence electrons. The van der Waals surface area contributed by atoms with Crippen LogP contribution in [0.5, 0.6) is 0 Å². The molecule has 0 bridgehead atoms. The van der Waals surface area contributed by atoms with Gasteiger partial charge in [0.05, 0.1) is 6.42 Å². The van der Waals surface area contributed by atoms with Crippen LogP contribution < -0.4 is 20.9 Å². The molecule has 4 saturated heterocycles. The molecule has 0 spiro atoms. The maximum absolute atomic E-state index is 14.6. The van der Waals surface area contributed by atoms with Crippen molar-refractivity contribution in [2.24, 2.45) is 5.92 Å². The Morgan fingerprint density at radius 2 is 1.57 bits per heavy atom. The van der Waals surface area contributed by atoms with Crippen LogP contribution in [-0.2, 0) is 57.6 Å². The molecule has 6 amide bonds. The molecule has 58 heavy (non-hydrogen) atoms. The topological polar surface area (TPSA) is 178 Å². The highest BCUT2D eigenvalue weighted by atomic mass is 16.5. The van der Waals surface area contributed by atoms with Gasteiger partial charge in [-0.25, -0.2) is 4.79 Å². The highest BCUT2D eigenvalue weighted by Crippen LogP contribution is 2.29. The third-order valence-corrected chi connectivity index (χ3v) is 12.3. The molecule has 4 fully saturated rings. The second-order valence-corrected chi connectivity index (χ2v) is 16.6. The first-order valence-electron chi connectivity index (χ1n) is 20.7. The van der Waals surface area contributed by atoms with Gasteiger partial charge >= 0.3 is 5.97 Å². The van der Waals surface area contributed by atoms with Gasteiger partial charge in [-0.2, -0.15) is 0 Å². The maximum Gasteiger partial charge on any atom is 0.328 e. The van der Waals surface area contributed by atoms with Gasteiger partial charge in [0, 0.05) is 45.3 Å². The number of rotatable bonds is 7. The summed E-state index contributed by atoms with van der Waals surface area (Å²) in [4.78, 5) is 105. The predicted octanol–water partition coefficient (Wildman–Crippen LogP) is 1.10. The summed E-state index contributed by atoms with van der Waals surface area (Å²) in [6.07, 6.45) is 4.03. The summed E-state index contributed by atoms with van der Waals surface area (Å²) in [6, 6.07) is 8.96. The van der Waals surface area contributed by atoms with Gasteiger partial charge in [0.15, 0.2) is 0 Å². The highest BCUT2D eigenvalue weighted by molar-refractivity contribution is 5.98. The summed E-state index contributed by atoms with van der Waals surface area (Å²) >= 11 is 0. The van der Waals surface area contributed by atoms with E-state index < -0.39 is 72.5 Å². The molecule has 15 heteroatoms. The number of ether oxygens (including phenoxy) is 1. The number of likely N-dealkylation sites (N-methyl/N-ethyl adjacent to an activating group) is 1. The normalized spacial score (nSPS) is 27.3. The van der Waals surface area contributed by atoms with Gasteiger partial charge in [0.2, 0.25) is 35.4 Å². The molecule has 7 rings (SSSR count). The number of carbonyl (C=O) groups is 7. The van der Waals surface area contributed by atoms with E-state index in [0.717, 1.165) is 41.8 Å². The summed E-state index contributed by atoms with van der Waals surface area (Å²) in [7, 11) is 2.03. The van der Waals surface area contributed by atoms with Crippen molar-refractivity contribution in [3.05, 3.63) is 65.2 Å². The van der Waals surface area contributed by atoms with Gasteiger partial charge in [0.25, 0.3) is 0 Å². The van der Waals surface area contributed by atoms with Gasteiger partial charge in [-0.15, -0.1) is 0 Å². The minimum atomic E-state index is -1.41. The lowest BCUT2D eigenvalue weighted by Gasteiger charge is -2.39. The molecular weight excluding hydrogens is 743 g/mol. The number of anilines is 1. The van der Waals surface area contributed by atoms with Crippen molar-refractivity contribution in [3.8, 4) is 0 Å². The average molecular weight is 798 g/mol. The number of piperidine rings is 1. The fourth-order valence-corrected chi connectivity index (χ4v) is 9.21. The number of nitrogens with one attached hydrogen (secondary N) is 3. The van der Waals surface area contributed by atoms with Crippen LogP contribution in [0, 0.1) is 5.92 Å². The van der Waals surface area contributed by atoms with Gasteiger partial charge in [0.1, 0.15) is 42.9 Å². The van der Waals surface area contributed by atoms with Crippen molar-refractivity contribution in [1.82, 2.24) is 30.7 Å². The Labute approximate surface area is 339 Å². The van der Waals surface area contributed by atoms with Gasteiger partial charge < -0.3 is 40.3 Å². The van der Waals surface area contributed by atoms with Crippen LogP contribution in [0.1, 0.15) is 69.1 Å². The van der Waals surface area contributed by atoms with Crippen molar-refractivity contribution >= 4 is 47.1 Å². The Hall–Kier alpha value is -5.47. The summed E-state index contributed by atoms with van der Waals surface area (Å²) < 4.78 is 5.79. The van der Waals surface area contributed by atoms with E-state index in [2.05, 4.69) is 20.9 Å². The third-order valence-electron chi connectivity index (χ3n) is 12.3. The van der Waals surface area contributed by atoms with Crippen molar-refractivity contribution in [1.29, 1.82) is 0 Å². The molecule has 3 N–H and O–H groups in total. The number of carbonyl (C=O) groups excluding carboxylic acids is 7. The van der Waals surface area contributed by atoms with E-state index in [0.29, 0.717) is 38.6 Å². The average Bonchev–Trinajstić information content (AvgIpc) is 3.96. The van der Waals surface area contributed by atoms with E-state index in [-0.39, 0.29) is 43.7 Å². The zero-order valence-corrected chi connectivity index (χ0v) is 33.6. The lowest BCUT2D eigenvalue weighted by atomic mass is 9.99. The van der Waals surface area contributed by atoms with Crippen molar-refractivity contribution < 1.29 is 38.3 Å². The summed E-state index contributed by atoms with van der Waals surface area (Å²) in [5.74, 6) is -3.71. The smallest absolute Gasteiger partial charge is 0.328 e. The number of hydrogen-bond acceptors (Lipinski definition) is 9. The van der Waals surface area contributed by atoms with E-state index in [1.165, 1.54) is 14.7 Å². The number of benzene rings is 2. The minimum absolute atomic E-state index is 0.0380. The molecule has 0 saturated carbocycles. The highest BCUT2D eigenvalue weighted by Gasteiger charge is 2.46. The van der Waals surface area contributed by atoms with Gasteiger partial charge in [-0.3, -0.25) is 28.8 Å². The molecule has 15 nitrogen and oxygen atoms in total. The quantitative estimate of drug-likeness (QED) is 0.347. The van der Waals surface area contributed by atoms with Gasteiger partial charge in [-0.1, -0.05) is 49.4 Å². The number of hydrogen-bond donors (Lipinski definition) is 3. The standard InChI is InChI=1S/C43H55N7O8/c1-26-20-36-43(57)58-25-32(41(55)49-18-9-13-35(49)42(56)48-17-8-7-12-34(48)39(53)44-27(2)40(54)50(36)24-26)46-38(52)31(22-28-10-5-4-6-11-28)45-37(51)23-29-14-15-33-30(21-29)16-19-47(33)3/h4-6,10-11,14-15,21,26-27,31-32,34-36H,7-9,12-13,16-20,22-25H2,1-3H3,(H,44,53)(H,45,51)(H,46,52)/t26-,27-,31-,32-,34-,35-,36-/m0/s1. The molecule has 0 aliphatic carbocycles. The number of amides is 6. The van der Waals surface area contributed by atoms with Crippen LogP contribution in [0.4, 0.5) is 5.69 Å². The fourth-order valence-electron chi connectivity index (χ4n) is 9.21. The monoisotopic (exact) mass is 797 g/mol. The van der Waals surface area contributed by atoms with Crippen molar-refractivity contribution in [3.63, 3.8) is 0 Å². The minimum Gasteiger partial charge on any atom is -0.461 e. The molecule has 7 atom stereocenters. The summed E-state index contributed by atoms with van der Waals surface area (Å²) in [5, 5.41) is 8.49. The zero-order valence-electron chi connectivity index (χ0n) is 33.6. The van der Waals surface area contributed by atoms with Crippen LogP contribution in [0.3, 0.4) is 0 Å². The molecule has 5 heterocycles. The SMILES string of the molecule is C[C@H]1C[C@H]2C(=O)OC[C@H](NC(=O)[C@H](Cc3ccccc3)NC(=O)Cc3ccc4c(c3)CCN4C)C(=O)N3CCC[C@H]3C(=O)N3CCCC[C@H]3C(=O)N[C@@H](C)C(=O)N2C1. The molecule has 2 aromatic carbocycles. The predicted molar refractivity (Wildman–Crippen MR) is 213 cm³/mol. The lowest BCUT2D eigenvalue weighted by molar-refractivity contribution is -0.158. The van der Waals surface area contributed by atoms with E-state index in [9.17, 15) is 33.6 Å². The Morgan fingerprint density at radius 1 is 0.828 bits per heavy atom. The van der Waals surface area contributed by atoms with E-state index in [1.54, 1.807) is 6.92 Å². The zero-order chi connectivity index (χ0) is 41.1. The number of esters is 1. The first-order valence-corrected chi connectivity index (χ1v) is 20.7. The van der Waals surface area contributed by atoms with Crippen LogP contribution in [0.25, 0.3) is 0 Å². The van der Waals surface area contributed by atoms with Crippen LogP contribution in [0.15, 0.2) is 48.5 Å². The molecule has 0 radical (unpaired) electrons. The molecular formula is C43H55N7O8. The Kier molecular flexibility index (Phi) is 12.3. The third kappa shape index (κ3) is 8.82. The van der Waals surface area contributed by atoms with Gasteiger partial charge in [-0.05, 0) is 80.5 Å². The van der Waals surface area contributed by atoms with E-state index >= 15 is 0 Å². The Balaban J connectivity index is 1.16. The lowest BCUT2D eigenvalue weighted by Crippen LogP contribution is -2.62. The van der Waals surface area contributed by atoms with E-state index in [1.807, 2.05) is 62.5 Å². The number of fused-ring (bicyclic) bond motifs is 4. The molecule has 5 aliphatic heterocycles. The first kappa shape index (κ1) is 40.7. The van der Waals surface area contributed by atoms with E-state index in [4.69, 9.17) is 4.74 Å². The van der Waals surface area contributed by atoms with Crippen LogP contribution >= 0.6 is 0 Å². The van der Waals surface area contributed by atoms with Crippen molar-refractivity contribution in [2.75, 3.05) is 44.7 Å². The Morgan fingerprint density at radius 3 is 2.36 bits per heavy atom. The molecule has 0 aromatic heterocycles. The largest absolute Gasteiger partial charge is 0.461 e. The summed E-state index contributed by atoms with van der Waals surface area (Å²) in [5.41, 5.74) is 3.88. The van der Waals surface area contributed by atoms with Crippen molar-refractivity contribution in [2.45, 2.75) is 108 Å². The van der Waals surface area contributed by atoms with Crippen LogP contribution in [0.2, 0.25) is 0 Å². The second kappa shape index (κ2) is 17.6. The Bertz CT molecular complexity index is 1920. The molecule has 0 unspecified atom stereocenters. The van der Waals surface area contributed by atoms with Crippen LogP contribution in [-0.4, -0.2) is 132 Å². The summed E-state index contributed by atoms with van der Waals surface area (Å²) in [6.45, 7) is 4.64. The number of nitrogens with zero attached hydrogens (tertiary/aromatic N) is 4. The first-order chi connectivity index (χ1) is 27.9. The maximum atomic E-state index is 14.6. The second-order valence-electron chi connectivity index (χ2n) is 16.6. The molecule has 5 aliphatic rings.